The van der Waals surface area contributed by atoms with Crippen molar-refractivity contribution in [3.63, 3.8) is 0 Å². The average Bonchev–Trinajstić information content (AvgIpc) is 2.62. The number of nitro groups is 1. The third-order valence-electron chi connectivity index (χ3n) is 3.99. The van der Waals surface area contributed by atoms with Gasteiger partial charge in [-0.15, -0.1) is 0 Å². The van der Waals surface area contributed by atoms with Gasteiger partial charge in [-0.25, -0.2) is 5.43 Å². The third kappa shape index (κ3) is 4.89. The molecule has 0 spiro atoms. The van der Waals surface area contributed by atoms with Crippen molar-refractivity contribution in [2.75, 3.05) is 0 Å². The number of rotatable bonds is 6. The van der Waals surface area contributed by atoms with E-state index in [-0.39, 0.29) is 11.6 Å². The lowest BCUT2D eigenvalue weighted by Gasteiger charge is -2.14. The third-order valence-corrected chi connectivity index (χ3v) is 3.99. The quantitative estimate of drug-likeness (QED) is 0.487. The van der Waals surface area contributed by atoms with E-state index in [0.29, 0.717) is 17.0 Å². The summed E-state index contributed by atoms with van der Waals surface area (Å²) in [6, 6.07) is 11.6. The van der Waals surface area contributed by atoms with Crippen LogP contribution in [0.1, 0.15) is 30.5 Å². The number of hydrogen-bond acceptors (Lipinski definition) is 5. The Labute approximate surface area is 151 Å². The molecule has 1 unspecified atom stereocenters. The SMILES string of the molecule is C/C(=N/NC(=O)C(C)Oc1ccc(C)c(C)c1)c1ccc([N+](=O)[O-])cc1. The van der Waals surface area contributed by atoms with Crippen molar-refractivity contribution >= 4 is 17.3 Å². The van der Waals surface area contributed by atoms with Crippen LogP contribution in [0.3, 0.4) is 0 Å². The van der Waals surface area contributed by atoms with E-state index in [9.17, 15) is 14.9 Å². The van der Waals surface area contributed by atoms with Gasteiger partial charge in [0.05, 0.1) is 10.6 Å². The maximum absolute atomic E-state index is 12.1. The second-order valence-electron chi connectivity index (χ2n) is 5.98. The Balaban J connectivity index is 1.98. The topological polar surface area (TPSA) is 93.8 Å². The van der Waals surface area contributed by atoms with E-state index in [0.717, 1.165) is 11.1 Å². The lowest BCUT2D eigenvalue weighted by Crippen LogP contribution is -2.34. The zero-order valence-electron chi connectivity index (χ0n) is 15.1. The molecule has 0 aliphatic heterocycles. The molecule has 2 aromatic carbocycles. The molecule has 0 bridgehead atoms. The van der Waals surface area contributed by atoms with Crippen LogP contribution in [0.25, 0.3) is 0 Å². The Kier molecular flexibility index (Phi) is 6.06. The first-order valence-electron chi connectivity index (χ1n) is 8.11. The van der Waals surface area contributed by atoms with Gasteiger partial charge in [-0.1, -0.05) is 6.07 Å². The van der Waals surface area contributed by atoms with Crippen LogP contribution in [-0.2, 0) is 4.79 Å². The first-order valence-corrected chi connectivity index (χ1v) is 8.11. The van der Waals surface area contributed by atoms with E-state index < -0.39 is 11.0 Å². The number of non-ortho nitro benzene ring substituents is 1. The molecule has 0 radical (unpaired) electrons. The summed E-state index contributed by atoms with van der Waals surface area (Å²) < 4.78 is 5.64. The smallest absolute Gasteiger partial charge is 0.280 e. The minimum Gasteiger partial charge on any atom is -0.481 e. The van der Waals surface area contributed by atoms with Gasteiger partial charge in [0.2, 0.25) is 0 Å². The Bertz CT molecular complexity index is 844. The fraction of sp³-hybridized carbons (Fsp3) is 0.263. The zero-order valence-corrected chi connectivity index (χ0v) is 15.1. The minimum atomic E-state index is -0.717. The van der Waals surface area contributed by atoms with Crippen molar-refractivity contribution in [3.05, 3.63) is 69.3 Å². The summed E-state index contributed by atoms with van der Waals surface area (Å²) in [5.74, 6) is 0.233. The summed E-state index contributed by atoms with van der Waals surface area (Å²) in [4.78, 5) is 22.3. The van der Waals surface area contributed by atoms with Gasteiger partial charge in [0.1, 0.15) is 5.75 Å². The second kappa shape index (κ2) is 8.24. The second-order valence-corrected chi connectivity index (χ2v) is 5.98. The monoisotopic (exact) mass is 355 g/mol. The van der Waals surface area contributed by atoms with Crippen LogP contribution >= 0.6 is 0 Å². The van der Waals surface area contributed by atoms with Gasteiger partial charge < -0.3 is 4.74 Å². The highest BCUT2D eigenvalue weighted by Crippen LogP contribution is 2.17. The van der Waals surface area contributed by atoms with Crippen LogP contribution in [-0.4, -0.2) is 22.6 Å². The van der Waals surface area contributed by atoms with Crippen molar-refractivity contribution in [3.8, 4) is 5.75 Å². The van der Waals surface area contributed by atoms with E-state index in [1.165, 1.54) is 12.1 Å². The van der Waals surface area contributed by atoms with Crippen LogP contribution in [0.5, 0.6) is 5.75 Å². The Morgan fingerprint density at radius 1 is 1.15 bits per heavy atom. The molecule has 1 amide bonds. The maximum Gasteiger partial charge on any atom is 0.280 e. The summed E-state index contributed by atoms with van der Waals surface area (Å²) >= 11 is 0. The number of nitrogens with one attached hydrogen (secondary N) is 1. The van der Waals surface area contributed by atoms with Crippen LogP contribution < -0.4 is 10.2 Å². The van der Waals surface area contributed by atoms with Gasteiger partial charge in [0.25, 0.3) is 11.6 Å². The molecule has 7 heteroatoms. The molecule has 7 nitrogen and oxygen atoms in total. The first kappa shape index (κ1) is 19.1. The molecule has 0 aliphatic rings. The summed E-state index contributed by atoms with van der Waals surface area (Å²) in [7, 11) is 0. The molecular weight excluding hydrogens is 334 g/mol. The van der Waals surface area contributed by atoms with Gasteiger partial charge in [-0.3, -0.25) is 14.9 Å². The number of carbonyl (C=O) groups excluding carboxylic acids is 1. The summed E-state index contributed by atoms with van der Waals surface area (Å²) in [6.07, 6.45) is -0.717. The number of carbonyl (C=O) groups is 1. The van der Waals surface area contributed by atoms with Crippen molar-refractivity contribution in [2.45, 2.75) is 33.8 Å². The van der Waals surface area contributed by atoms with Crippen molar-refractivity contribution < 1.29 is 14.5 Å². The Hall–Kier alpha value is -3.22. The van der Waals surface area contributed by atoms with Gasteiger partial charge in [0.15, 0.2) is 6.10 Å². The largest absolute Gasteiger partial charge is 0.481 e. The molecule has 0 fully saturated rings. The highest BCUT2D eigenvalue weighted by Gasteiger charge is 2.15. The predicted octanol–water partition coefficient (Wildman–Crippen LogP) is 3.52. The number of amides is 1. The molecule has 136 valence electrons. The molecule has 1 atom stereocenters. The fourth-order valence-electron chi connectivity index (χ4n) is 2.16. The lowest BCUT2D eigenvalue weighted by molar-refractivity contribution is -0.384. The number of benzene rings is 2. The molecule has 0 saturated heterocycles. The number of hydrogen-bond donors (Lipinski definition) is 1. The molecule has 26 heavy (non-hydrogen) atoms. The number of hydrazone groups is 1. The lowest BCUT2D eigenvalue weighted by atomic mass is 10.1. The molecule has 0 heterocycles. The molecule has 2 aromatic rings. The Morgan fingerprint density at radius 2 is 1.81 bits per heavy atom. The van der Waals surface area contributed by atoms with E-state index >= 15 is 0 Å². The molecular formula is C19H21N3O4. The molecule has 2 rings (SSSR count). The molecule has 0 saturated carbocycles. The molecule has 0 aromatic heterocycles. The van der Waals surface area contributed by atoms with Crippen molar-refractivity contribution in [1.29, 1.82) is 0 Å². The van der Waals surface area contributed by atoms with Crippen molar-refractivity contribution in [1.82, 2.24) is 5.43 Å². The van der Waals surface area contributed by atoms with E-state index in [1.807, 2.05) is 32.0 Å². The number of nitrogens with zero attached hydrogens (tertiary/aromatic N) is 2. The fourth-order valence-corrected chi connectivity index (χ4v) is 2.16. The maximum atomic E-state index is 12.1. The van der Waals surface area contributed by atoms with Gasteiger partial charge >= 0.3 is 0 Å². The van der Waals surface area contributed by atoms with E-state index in [2.05, 4.69) is 10.5 Å². The van der Waals surface area contributed by atoms with Crippen LogP contribution in [0.15, 0.2) is 47.6 Å². The summed E-state index contributed by atoms with van der Waals surface area (Å²) in [6.45, 7) is 7.33. The minimum absolute atomic E-state index is 0.000925. The standard InChI is InChI=1S/C19H21N3O4/c1-12-5-10-18(11-13(12)2)26-15(4)19(23)21-20-14(3)16-6-8-17(9-7-16)22(24)25/h5-11,15H,1-4H3,(H,21,23)/b20-14-. The van der Waals surface area contributed by atoms with Crippen LogP contribution in [0.4, 0.5) is 5.69 Å². The normalized spacial score (nSPS) is 12.4. The van der Waals surface area contributed by atoms with Gasteiger partial charge in [-0.05, 0) is 68.7 Å². The molecule has 1 N–H and O–H groups in total. The average molecular weight is 355 g/mol. The number of ether oxygens (including phenoxy) is 1. The van der Waals surface area contributed by atoms with Gasteiger partial charge in [-0.2, -0.15) is 5.10 Å². The highest BCUT2D eigenvalue weighted by atomic mass is 16.6. The Morgan fingerprint density at radius 3 is 2.38 bits per heavy atom. The van der Waals surface area contributed by atoms with Crippen LogP contribution in [0.2, 0.25) is 0 Å². The molecule has 0 aliphatic carbocycles. The van der Waals surface area contributed by atoms with Crippen LogP contribution in [0, 0.1) is 24.0 Å². The van der Waals surface area contributed by atoms with E-state index in [1.54, 1.807) is 26.0 Å². The highest BCUT2D eigenvalue weighted by molar-refractivity contribution is 5.99. The predicted molar refractivity (Wildman–Crippen MR) is 99.5 cm³/mol. The number of aryl methyl sites for hydroxylation is 2. The first-order chi connectivity index (χ1) is 12.3. The number of nitro benzene ring substituents is 1. The van der Waals surface area contributed by atoms with Crippen molar-refractivity contribution in [2.24, 2.45) is 5.10 Å². The summed E-state index contributed by atoms with van der Waals surface area (Å²) in [5, 5.41) is 14.7. The van der Waals surface area contributed by atoms with E-state index in [4.69, 9.17) is 4.74 Å². The van der Waals surface area contributed by atoms with Gasteiger partial charge in [0, 0.05) is 12.1 Å². The summed E-state index contributed by atoms with van der Waals surface area (Å²) in [5.41, 5.74) is 5.90. The zero-order chi connectivity index (χ0) is 19.3.